The summed E-state index contributed by atoms with van der Waals surface area (Å²) in [5.74, 6) is 1.42. The standard InChI is InChI=1S/C20H24N6O2/c27-19-17(11-14-12-22-18-16(14)4-1-5-21-18)23-20(24-19)26-8-6-25(7-9-26)13-15-3-2-10-28-15/h1,4-5,11-12,15,27H,2-3,6-10,13H2,(H,23,24)/b14-11+. The van der Waals surface area contributed by atoms with Crippen LogP contribution in [0.4, 0.5) is 11.8 Å². The lowest BCUT2D eigenvalue weighted by atomic mass is 10.1. The molecule has 2 N–H and O–H groups in total. The summed E-state index contributed by atoms with van der Waals surface area (Å²) in [4.78, 5) is 20.8. The van der Waals surface area contributed by atoms with Crippen molar-refractivity contribution in [1.29, 1.82) is 0 Å². The number of nitrogens with zero attached hydrogens (tertiary/aromatic N) is 5. The molecule has 2 fully saturated rings. The zero-order valence-corrected chi connectivity index (χ0v) is 15.7. The van der Waals surface area contributed by atoms with Crippen LogP contribution in [0.2, 0.25) is 0 Å². The number of fused-ring (bicyclic) bond motifs is 1. The minimum atomic E-state index is 0.00928. The molecule has 0 bridgehead atoms. The van der Waals surface area contributed by atoms with E-state index in [9.17, 15) is 5.11 Å². The molecule has 3 aliphatic rings. The van der Waals surface area contributed by atoms with Gasteiger partial charge in [0, 0.05) is 62.9 Å². The first-order valence-electron chi connectivity index (χ1n) is 9.85. The van der Waals surface area contributed by atoms with Gasteiger partial charge in [0.15, 0.2) is 5.82 Å². The maximum absolute atomic E-state index is 10.3. The second-order valence-corrected chi connectivity index (χ2v) is 7.45. The molecule has 0 spiro atoms. The predicted molar refractivity (Wildman–Crippen MR) is 108 cm³/mol. The Morgan fingerprint density at radius 3 is 3.00 bits per heavy atom. The Kier molecular flexibility index (Phi) is 4.58. The average molecular weight is 380 g/mol. The van der Waals surface area contributed by atoms with Crippen molar-refractivity contribution in [3.63, 3.8) is 0 Å². The molecule has 0 amide bonds. The maximum atomic E-state index is 10.3. The molecular weight excluding hydrogens is 356 g/mol. The molecular formula is C20H24N6O2. The average Bonchev–Trinajstić information content (AvgIpc) is 3.45. The minimum Gasteiger partial charge on any atom is -0.492 e. The molecule has 1 atom stereocenters. The molecule has 5 heterocycles. The third-order valence-electron chi connectivity index (χ3n) is 5.58. The van der Waals surface area contributed by atoms with Gasteiger partial charge in [-0.05, 0) is 31.1 Å². The number of imidazole rings is 1. The zero-order valence-electron chi connectivity index (χ0n) is 15.7. The van der Waals surface area contributed by atoms with Crippen LogP contribution < -0.4 is 4.90 Å². The molecule has 28 heavy (non-hydrogen) atoms. The number of aliphatic imine (C=N–C) groups is 1. The molecule has 8 heteroatoms. The molecule has 2 saturated heterocycles. The van der Waals surface area contributed by atoms with E-state index in [1.54, 1.807) is 12.4 Å². The molecule has 8 nitrogen and oxygen atoms in total. The van der Waals surface area contributed by atoms with Crippen LogP contribution in [0, 0.1) is 0 Å². The van der Waals surface area contributed by atoms with E-state index < -0.39 is 0 Å². The molecule has 2 aromatic heterocycles. The van der Waals surface area contributed by atoms with E-state index in [1.165, 1.54) is 12.8 Å². The summed E-state index contributed by atoms with van der Waals surface area (Å²) in [5, 5.41) is 10.3. The van der Waals surface area contributed by atoms with E-state index in [4.69, 9.17) is 4.74 Å². The van der Waals surface area contributed by atoms with Crippen molar-refractivity contribution in [3.05, 3.63) is 29.6 Å². The van der Waals surface area contributed by atoms with Crippen molar-refractivity contribution >= 4 is 29.6 Å². The number of hydrogen-bond acceptors (Lipinski definition) is 7. The van der Waals surface area contributed by atoms with Gasteiger partial charge in [0.1, 0.15) is 5.69 Å². The number of allylic oxidation sites excluding steroid dienone is 1. The summed E-state index contributed by atoms with van der Waals surface area (Å²) in [6.45, 7) is 5.63. The van der Waals surface area contributed by atoms with Gasteiger partial charge < -0.3 is 19.7 Å². The third-order valence-corrected chi connectivity index (χ3v) is 5.58. The highest BCUT2D eigenvalue weighted by atomic mass is 16.5. The van der Waals surface area contributed by atoms with E-state index in [0.29, 0.717) is 23.6 Å². The third kappa shape index (κ3) is 3.41. The summed E-state index contributed by atoms with van der Waals surface area (Å²) >= 11 is 0. The number of hydrogen-bond donors (Lipinski definition) is 2. The first kappa shape index (κ1) is 17.4. The quantitative estimate of drug-likeness (QED) is 0.844. The predicted octanol–water partition coefficient (Wildman–Crippen LogP) is 2.07. The van der Waals surface area contributed by atoms with Gasteiger partial charge >= 0.3 is 0 Å². The second-order valence-electron chi connectivity index (χ2n) is 7.45. The van der Waals surface area contributed by atoms with Crippen LogP contribution in [0.1, 0.15) is 24.1 Å². The van der Waals surface area contributed by atoms with Crippen LogP contribution in [0.3, 0.4) is 0 Å². The highest BCUT2D eigenvalue weighted by molar-refractivity contribution is 6.20. The lowest BCUT2D eigenvalue weighted by molar-refractivity contribution is 0.0712. The Balaban J connectivity index is 1.26. The maximum Gasteiger partial charge on any atom is 0.238 e. The van der Waals surface area contributed by atoms with E-state index in [1.807, 2.05) is 18.2 Å². The fraction of sp³-hybridized carbons (Fsp3) is 0.450. The van der Waals surface area contributed by atoms with Crippen molar-refractivity contribution in [2.75, 3.05) is 44.2 Å². The highest BCUT2D eigenvalue weighted by Gasteiger charge is 2.24. The van der Waals surface area contributed by atoms with Crippen molar-refractivity contribution in [1.82, 2.24) is 19.9 Å². The van der Waals surface area contributed by atoms with E-state index in [0.717, 1.165) is 50.5 Å². The molecule has 0 aliphatic carbocycles. The molecule has 3 aliphatic heterocycles. The van der Waals surface area contributed by atoms with Crippen LogP contribution >= 0.6 is 0 Å². The number of rotatable bonds is 4. The zero-order chi connectivity index (χ0) is 18.9. The lowest BCUT2D eigenvalue weighted by Crippen LogP contribution is -2.48. The number of anilines is 1. The summed E-state index contributed by atoms with van der Waals surface area (Å²) in [7, 11) is 0. The summed E-state index contributed by atoms with van der Waals surface area (Å²) in [6.07, 6.45) is 8.11. The highest BCUT2D eigenvalue weighted by Crippen LogP contribution is 2.32. The van der Waals surface area contributed by atoms with Crippen molar-refractivity contribution in [2.24, 2.45) is 4.99 Å². The van der Waals surface area contributed by atoms with Crippen molar-refractivity contribution in [3.8, 4) is 5.88 Å². The van der Waals surface area contributed by atoms with Gasteiger partial charge in [-0.2, -0.15) is 4.98 Å². The molecule has 5 rings (SSSR count). The van der Waals surface area contributed by atoms with E-state index in [-0.39, 0.29) is 5.88 Å². The van der Waals surface area contributed by atoms with Gasteiger partial charge in [-0.25, -0.2) is 9.98 Å². The molecule has 0 aromatic carbocycles. The summed E-state index contributed by atoms with van der Waals surface area (Å²) < 4.78 is 5.75. The van der Waals surface area contributed by atoms with Gasteiger partial charge in [-0.3, -0.25) is 4.90 Å². The van der Waals surface area contributed by atoms with E-state index >= 15 is 0 Å². The number of H-pyrrole nitrogens is 1. The molecule has 1 unspecified atom stereocenters. The minimum absolute atomic E-state index is 0.00928. The van der Waals surface area contributed by atoms with Crippen LogP contribution in [-0.2, 0) is 4.74 Å². The Morgan fingerprint density at radius 2 is 2.18 bits per heavy atom. The number of aromatic amines is 1. The Labute approximate surface area is 163 Å². The van der Waals surface area contributed by atoms with Crippen LogP contribution in [0.25, 0.3) is 11.6 Å². The van der Waals surface area contributed by atoms with E-state index in [2.05, 4.69) is 29.7 Å². The number of pyridine rings is 1. The normalized spacial score (nSPS) is 23.6. The Morgan fingerprint density at radius 1 is 1.29 bits per heavy atom. The van der Waals surface area contributed by atoms with Crippen LogP contribution in [-0.4, -0.2) is 76.6 Å². The monoisotopic (exact) mass is 380 g/mol. The molecule has 146 valence electrons. The largest absolute Gasteiger partial charge is 0.492 e. The molecule has 0 radical (unpaired) electrons. The summed E-state index contributed by atoms with van der Waals surface area (Å²) in [6, 6.07) is 3.86. The molecule has 2 aromatic rings. The lowest BCUT2D eigenvalue weighted by Gasteiger charge is -2.35. The van der Waals surface area contributed by atoms with Crippen LogP contribution in [0.5, 0.6) is 5.88 Å². The smallest absolute Gasteiger partial charge is 0.238 e. The number of piperazine rings is 1. The topological polar surface area (TPSA) is 89.9 Å². The van der Waals surface area contributed by atoms with Gasteiger partial charge in [0.25, 0.3) is 0 Å². The Hall–Kier alpha value is -2.71. The number of ether oxygens (including phenoxy) is 1. The van der Waals surface area contributed by atoms with Gasteiger partial charge in [0.2, 0.25) is 11.8 Å². The SMILES string of the molecule is Oc1nc(N2CCN(CC3CCCO3)CC2)[nH]c1/C=C1\C=Nc2ncccc21. The van der Waals surface area contributed by atoms with Gasteiger partial charge in [-0.1, -0.05) is 0 Å². The van der Waals surface area contributed by atoms with Gasteiger partial charge in [0.05, 0.1) is 6.10 Å². The fourth-order valence-electron chi connectivity index (χ4n) is 4.03. The first-order chi connectivity index (χ1) is 13.8. The van der Waals surface area contributed by atoms with Gasteiger partial charge in [-0.15, -0.1) is 0 Å². The summed E-state index contributed by atoms with van der Waals surface area (Å²) in [5.41, 5.74) is 2.46. The molecule has 0 saturated carbocycles. The fourth-order valence-corrected chi connectivity index (χ4v) is 4.03. The Bertz CT molecular complexity index is 907. The van der Waals surface area contributed by atoms with Crippen molar-refractivity contribution < 1.29 is 9.84 Å². The van der Waals surface area contributed by atoms with Crippen LogP contribution in [0.15, 0.2) is 23.3 Å². The number of nitrogens with one attached hydrogen (secondary N) is 1. The first-order valence-corrected chi connectivity index (χ1v) is 9.85. The second kappa shape index (κ2) is 7.37. The van der Waals surface area contributed by atoms with Crippen molar-refractivity contribution in [2.45, 2.75) is 18.9 Å². The number of aromatic nitrogens is 3. The number of aromatic hydroxyl groups is 1.